The molecule has 1 aromatic heterocycles. The lowest BCUT2D eigenvalue weighted by Crippen LogP contribution is -2.40. The molecular formula is C13H22N2O3S. The Morgan fingerprint density at radius 1 is 1.37 bits per heavy atom. The molecule has 1 atom stereocenters. The monoisotopic (exact) mass is 286 g/mol. The number of ether oxygens (including phenoxy) is 1. The Hall–Kier alpha value is -0.980. The number of rotatable bonds is 7. The van der Waals surface area contributed by atoms with Crippen molar-refractivity contribution in [2.75, 3.05) is 12.9 Å². The van der Waals surface area contributed by atoms with Crippen molar-refractivity contribution in [3.8, 4) is 0 Å². The highest BCUT2D eigenvalue weighted by atomic mass is 32.2. The molecule has 1 rings (SSSR count). The first-order chi connectivity index (χ1) is 8.86. The largest absolute Gasteiger partial charge is 0.381 e. The summed E-state index contributed by atoms with van der Waals surface area (Å²) >= 11 is 0. The van der Waals surface area contributed by atoms with Gasteiger partial charge >= 0.3 is 0 Å². The summed E-state index contributed by atoms with van der Waals surface area (Å²) in [5, 5.41) is 0. The van der Waals surface area contributed by atoms with Crippen LogP contribution >= 0.6 is 0 Å². The molecule has 0 saturated carbocycles. The van der Waals surface area contributed by atoms with Crippen molar-refractivity contribution in [2.24, 2.45) is 0 Å². The third-order valence-electron chi connectivity index (χ3n) is 2.84. The van der Waals surface area contributed by atoms with E-state index in [-0.39, 0.29) is 17.9 Å². The van der Waals surface area contributed by atoms with Crippen LogP contribution in [0, 0.1) is 0 Å². The van der Waals surface area contributed by atoms with Crippen molar-refractivity contribution in [1.82, 2.24) is 9.29 Å². The van der Waals surface area contributed by atoms with E-state index >= 15 is 0 Å². The van der Waals surface area contributed by atoms with Gasteiger partial charge in [-0.05, 0) is 32.4 Å². The fraction of sp³-hybridized carbons (Fsp3) is 0.615. The molecule has 0 aliphatic carbocycles. The molecule has 1 aromatic rings. The zero-order chi connectivity index (χ0) is 14.5. The molecule has 0 aliphatic heterocycles. The van der Waals surface area contributed by atoms with Crippen molar-refractivity contribution in [3.05, 3.63) is 30.1 Å². The highest BCUT2D eigenvalue weighted by Crippen LogP contribution is 2.14. The number of methoxy groups -OCH3 is 1. The molecule has 0 amide bonds. The lowest BCUT2D eigenvalue weighted by Gasteiger charge is -2.27. The fourth-order valence-corrected chi connectivity index (χ4v) is 3.64. The molecule has 5 nitrogen and oxygen atoms in total. The van der Waals surface area contributed by atoms with Crippen LogP contribution in [-0.2, 0) is 21.3 Å². The molecule has 1 heterocycles. The number of hydrogen-bond acceptors (Lipinski definition) is 4. The normalized spacial score (nSPS) is 14.0. The summed E-state index contributed by atoms with van der Waals surface area (Å²) in [6, 6.07) is 3.57. The van der Waals surface area contributed by atoms with Gasteiger partial charge in [0.1, 0.15) is 0 Å². The van der Waals surface area contributed by atoms with Crippen LogP contribution in [0.2, 0.25) is 0 Å². The number of pyridine rings is 1. The molecule has 0 aliphatic rings. The van der Waals surface area contributed by atoms with Crippen molar-refractivity contribution in [1.29, 1.82) is 0 Å². The van der Waals surface area contributed by atoms with Gasteiger partial charge in [0.25, 0.3) is 0 Å². The SMILES string of the molecule is CO[C@@H](C)CS(=O)(=O)N(Cc1cccnc1)C(C)C. The summed E-state index contributed by atoms with van der Waals surface area (Å²) in [4.78, 5) is 4.01. The van der Waals surface area contributed by atoms with E-state index in [1.165, 1.54) is 11.4 Å². The number of nitrogens with zero attached hydrogens (tertiary/aromatic N) is 2. The Bertz CT molecular complexity index is 474. The summed E-state index contributed by atoms with van der Waals surface area (Å²) in [6.45, 7) is 5.82. The van der Waals surface area contributed by atoms with Crippen LogP contribution in [0.4, 0.5) is 0 Å². The smallest absolute Gasteiger partial charge is 0.217 e. The Labute approximate surface area is 115 Å². The van der Waals surface area contributed by atoms with Crippen LogP contribution < -0.4 is 0 Å². The second-order valence-electron chi connectivity index (χ2n) is 4.83. The molecule has 0 saturated heterocycles. The minimum Gasteiger partial charge on any atom is -0.381 e. The van der Waals surface area contributed by atoms with Gasteiger partial charge in [-0.1, -0.05) is 6.07 Å². The molecule has 0 radical (unpaired) electrons. The number of sulfonamides is 1. The predicted molar refractivity (Wildman–Crippen MR) is 75.2 cm³/mol. The minimum absolute atomic E-state index is 0.0120. The Morgan fingerprint density at radius 2 is 2.05 bits per heavy atom. The van der Waals surface area contributed by atoms with Crippen LogP contribution in [-0.4, -0.2) is 42.7 Å². The molecule has 0 aromatic carbocycles. The summed E-state index contributed by atoms with van der Waals surface area (Å²) in [5.41, 5.74) is 0.879. The average molecular weight is 286 g/mol. The van der Waals surface area contributed by atoms with Gasteiger partial charge in [0.05, 0.1) is 11.9 Å². The van der Waals surface area contributed by atoms with Gasteiger partial charge in [-0.2, -0.15) is 4.31 Å². The van der Waals surface area contributed by atoms with Crippen molar-refractivity contribution < 1.29 is 13.2 Å². The van der Waals surface area contributed by atoms with Gasteiger partial charge in [-0.15, -0.1) is 0 Å². The highest BCUT2D eigenvalue weighted by molar-refractivity contribution is 7.89. The molecule has 0 spiro atoms. The summed E-state index contributed by atoms with van der Waals surface area (Å²) in [7, 11) is -1.84. The third kappa shape index (κ3) is 4.89. The standard InChI is InChI=1S/C13H22N2O3S/c1-11(2)15(9-13-6-5-7-14-8-13)19(16,17)10-12(3)18-4/h5-8,11-12H,9-10H2,1-4H3/t12-/m0/s1. The van der Waals surface area contributed by atoms with Crippen molar-refractivity contribution in [2.45, 2.75) is 39.5 Å². The molecule has 0 bridgehead atoms. The lowest BCUT2D eigenvalue weighted by molar-refractivity contribution is 0.134. The third-order valence-corrected chi connectivity index (χ3v) is 5.00. The van der Waals surface area contributed by atoms with E-state index in [0.29, 0.717) is 6.54 Å². The van der Waals surface area contributed by atoms with E-state index in [1.807, 2.05) is 19.9 Å². The number of aromatic nitrogens is 1. The van der Waals surface area contributed by atoms with Crippen LogP contribution in [0.3, 0.4) is 0 Å². The summed E-state index contributed by atoms with van der Waals surface area (Å²) in [5.74, 6) is -0.0120. The molecule has 0 unspecified atom stereocenters. The zero-order valence-electron chi connectivity index (χ0n) is 11.9. The van der Waals surface area contributed by atoms with Gasteiger partial charge in [0.2, 0.25) is 10.0 Å². The molecule has 0 N–H and O–H groups in total. The fourth-order valence-electron chi connectivity index (χ4n) is 1.73. The quantitative estimate of drug-likeness (QED) is 0.765. The summed E-state index contributed by atoms with van der Waals surface area (Å²) < 4.78 is 31.3. The van der Waals surface area contributed by atoms with Crippen LogP contribution in [0.1, 0.15) is 26.3 Å². The van der Waals surface area contributed by atoms with Gasteiger partial charge in [0, 0.05) is 32.1 Å². The zero-order valence-corrected chi connectivity index (χ0v) is 12.7. The van der Waals surface area contributed by atoms with Gasteiger partial charge in [-0.3, -0.25) is 4.98 Å². The average Bonchev–Trinajstić information content (AvgIpc) is 2.36. The van der Waals surface area contributed by atoms with E-state index in [1.54, 1.807) is 25.4 Å². The van der Waals surface area contributed by atoms with Crippen molar-refractivity contribution >= 4 is 10.0 Å². The predicted octanol–water partition coefficient (Wildman–Crippen LogP) is 1.66. The van der Waals surface area contributed by atoms with Gasteiger partial charge < -0.3 is 4.74 Å². The Kier molecular flexibility index (Phi) is 5.90. The number of hydrogen-bond donors (Lipinski definition) is 0. The topological polar surface area (TPSA) is 59.5 Å². The highest BCUT2D eigenvalue weighted by Gasteiger charge is 2.27. The molecule has 19 heavy (non-hydrogen) atoms. The maximum atomic E-state index is 12.4. The second kappa shape index (κ2) is 6.98. The van der Waals surface area contributed by atoms with E-state index in [2.05, 4.69) is 4.98 Å². The Balaban J connectivity index is 2.89. The second-order valence-corrected chi connectivity index (χ2v) is 6.79. The van der Waals surface area contributed by atoms with Crippen LogP contribution in [0.15, 0.2) is 24.5 Å². The molecule has 108 valence electrons. The van der Waals surface area contributed by atoms with Gasteiger partial charge in [0.15, 0.2) is 0 Å². The van der Waals surface area contributed by atoms with Crippen molar-refractivity contribution in [3.63, 3.8) is 0 Å². The van der Waals surface area contributed by atoms with E-state index < -0.39 is 10.0 Å². The maximum Gasteiger partial charge on any atom is 0.217 e. The van der Waals surface area contributed by atoms with Crippen LogP contribution in [0.5, 0.6) is 0 Å². The van der Waals surface area contributed by atoms with E-state index in [0.717, 1.165) is 5.56 Å². The first-order valence-corrected chi connectivity index (χ1v) is 7.89. The summed E-state index contributed by atoms with van der Waals surface area (Å²) in [6.07, 6.45) is 3.04. The van der Waals surface area contributed by atoms with Crippen LogP contribution in [0.25, 0.3) is 0 Å². The first-order valence-electron chi connectivity index (χ1n) is 6.28. The van der Waals surface area contributed by atoms with E-state index in [4.69, 9.17) is 4.74 Å². The maximum absolute atomic E-state index is 12.4. The molecular weight excluding hydrogens is 264 g/mol. The Morgan fingerprint density at radius 3 is 2.53 bits per heavy atom. The molecule has 0 fully saturated rings. The lowest BCUT2D eigenvalue weighted by atomic mass is 10.2. The molecule has 6 heteroatoms. The van der Waals surface area contributed by atoms with E-state index in [9.17, 15) is 8.42 Å². The van der Waals surface area contributed by atoms with Gasteiger partial charge in [-0.25, -0.2) is 8.42 Å². The minimum atomic E-state index is -3.35. The first kappa shape index (κ1) is 16.1.